The number of nitrogens with zero attached hydrogens (tertiary/aromatic N) is 1. The number of rotatable bonds is 1. The lowest BCUT2D eigenvalue weighted by Crippen LogP contribution is -1.94. The molecule has 0 saturated heterocycles. The van der Waals surface area contributed by atoms with E-state index in [2.05, 4.69) is 20.9 Å². The topological polar surface area (TPSA) is 33.1 Å². The van der Waals surface area contributed by atoms with E-state index in [-0.39, 0.29) is 0 Å². The molecule has 2 nitrogen and oxygen atoms in total. The van der Waals surface area contributed by atoms with Crippen molar-refractivity contribution in [2.75, 3.05) is 0 Å². The molecule has 1 aromatic carbocycles. The quantitative estimate of drug-likeness (QED) is 0.846. The molecular weight excluding hydrogens is 242 g/mol. The Morgan fingerprint density at radius 2 is 2.07 bits per heavy atom. The lowest BCUT2D eigenvalue weighted by Gasteiger charge is -2.05. The second-order valence-electron chi connectivity index (χ2n) is 3.28. The Kier molecular flexibility index (Phi) is 2.52. The Morgan fingerprint density at radius 3 is 2.79 bits per heavy atom. The van der Waals surface area contributed by atoms with Gasteiger partial charge in [-0.15, -0.1) is 0 Å². The first kappa shape index (κ1) is 9.62. The molecule has 1 heterocycles. The molecule has 2 aromatic rings. The lowest BCUT2D eigenvalue weighted by molar-refractivity contribution is 0.194. The predicted octanol–water partition coefficient (Wildman–Crippen LogP) is 3.05. The van der Waals surface area contributed by atoms with Crippen molar-refractivity contribution in [3.63, 3.8) is 0 Å². The molecule has 0 bridgehead atoms. The molecule has 1 aromatic heterocycles. The van der Waals surface area contributed by atoms with Crippen LogP contribution < -0.4 is 0 Å². The number of benzene rings is 1. The van der Waals surface area contributed by atoms with Crippen LogP contribution >= 0.6 is 15.9 Å². The monoisotopic (exact) mass is 251 g/mol. The average molecular weight is 252 g/mol. The normalized spacial score (nSPS) is 13.1. The number of fused-ring (bicyclic) bond motifs is 1. The van der Waals surface area contributed by atoms with E-state index >= 15 is 0 Å². The van der Waals surface area contributed by atoms with E-state index in [9.17, 15) is 5.11 Å². The first-order chi connectivity index (χ1) is 6.66. The average Bonchev–Trinajstić information content (AvgIpc) is 2.16. The first-order valence-electron chi connectivity index (χ1n) is 4.40. The van der Waals surface area contributed by atoms with E-state index in [1.54, 1.807) is 13.1 Å². The van der Waals surface area contributed by atoms with Gasteiger partial charge in [-0.3, -0.25) is 4.98 Å². The number of hydrogen-bond donors (Lipinski definition) is 1. The molecule has 1 N–H and O–H groups in total. The molecule has 0 aliphatic carbocycles. The molecule has 0 radical (unpaired) electrons. The fraction of sp³-hybridized carbons (Fsp3) is 0.182. The van der Waals surface area contributed by atoms with Crippen LogP contribution in [0.3, 0.4) is 0 Å². The smallest absolute Gasteiger partial charge is 0.0931 e. The van der Waals surface area contributed by atoms with E-state index in [0.29, 0.717) is 5.69 Å². The molecule has 2 rings (SSSR count). The molecule has 0 saturated carbocycles. The van der Waals surface area contributed by atoms with Gasteiger partial charge in [0.1, 0.15) is 0 Å². The molecule has 72 valence electrons. The van der Waals surface area contributed by atoms with Gasteiger partial charge in [0.2, 0.25) is 0 Å². The summed E-state index contributed by atoms with van der Waals surface area (Å²) >= 11 is 3.40. The van der Waals surface area contributed by atoms with Crippen LogP contribution in [0.15, 0.2) is 34.9 Å². The van der Waals surface area contributed by atoms with Crippen molar-refractivity contribution in [2.45, 2.75) is 13.0 Å². The highest BCUT2D eigenvalue weighted by atomic mass is 79.9. The standard InChI is InChI=1S/C11H10BrNO/c1-7(14)11-5-8-2-3-10(12)4-9(8)6-13-11/h2-7,14H,1H3/t7-/m0/s1. The maximum atomic E-state index is 9.37. The Morgan fingerprint density at radius 1 is 1.29 bits per heavy atom. The van der Waals surface area contributed by atoms with Crippen LogP contribution in [0.5, 0.6) is 0 Å². The van der Waals surface area contributed by atoms with Gasteiger partial charge >= 0.3 is 0 Å². The van der Waals surface area contributed by atoms with E-state index < -0.39 is 6.10 Å². The van der Waals surface area contributed by atoms with Crippen LogP contribution in [0.2, 0.25) is 0 Å². The van der Waals surface area contributed by atoms with Gasteiger partial charge in [0, 0.05) is 16.1 Å². The summed E-state index contributed by atoms with van der Waals surface area (Å²) in [4.78, 5) is 4.18. The summed E-state index contributed by atoms with van der Waals surface area (Å²) < 4.78 is 1.04. The summed E-state index contributed by atoms with van der Waals surface area (Å²) in [6.07, 6.45) is 1.27. The van der Waals surface area contributed by atoms with Crippen LogP contribution in [-0.2, 0) is 0 Å². The zero-order chi connectivity index (χ0) is 10.1. The van der Waals surface area contributed by atoms with Crippen molar-refractivity contribution < 1.29 is 5.11 Å². The van der Waals surface area contributed by atoms with Crippen molar-refractivity contribution in [3.05, 3.63) is 40.6 Å². The molecular formula is C11H10BrNO. The highest BCUT2D eigenvalue weighted by Crippen LogP contribution is 2.21. The number of aliphatic hydroxyl groups is 1. The third-order valence-corrected chi connectivity index (χ3v) is 2.63. The molecule has 1 atom stereocenters. The summed E-state index contributed by atoms with van der Waals surface area (Å²) in [5.74, 6) is 0. The van der Waals surface area contributed by atoms with Crippen molar-refractivity contribution in [2.24, 2.45) is 0 Å². The third kappa shape index (κ3) is 1.79. The Labute approximate surface area is 90.7 Å². The van der Waals surface area contributed by atoms with E-state index in [1.165, 1.54) is 0 Å². The maximum absolute atomic E-state index is 9.37. The SMILES string of the molecule is C[C@H](O)c1cc2ccc(Br)cc2cn1. The Balaban J connectivity index is 2.62. The van der Waals surface area contributed by atoms with Crippen LogP contribution in [0.4, 0.5) is 0 Å². The van der Waals surface area contributed by atoms with Gasteiger partial charge in [0.05, 0.1) is 11.8 Å². The lowest BCUT2D eigenvalue weighted by atomic mass is 10.1. The minimum absolute atomic E-state index is 0.511. The Bertz CT molecular complexity index is 468. The zero-order valence-electron chi connectivity index (χ0n) is 7.74. The summed E-state index contributed by atoms with van der Waals surface area (Å²) in [6, 6.07) is 7.90. The fourth-order valence-corrected chi connectivity index (χ4v) is 1.74. The van der Waals surface area contributed by atoms with Gasteiger partial charge < -0.3 is 5.11 Å². The fourth-order valence-electron chi connectivity index (χ4n) is 1.36. The molecule has 0 unspecified atom stereocenters. The van der Waals surface area contributed by atoms with Crippen molar-refractivity contribution >= 4 is 26.7 Å². The van der Waals surface area contributed by atoms with Gasteiger partial charge in [-0.25, -0.2) is 0 Å². The van der Waals surface area contributed by atoms with Crippen LogP contribution in [-0.4, -0.2) is 10.1 Å². The predicted molar refractivity (Wildman–Crippen MR) is 60.1 cm³/mol. The number of halogens is 1. The van der Waals surface area contributed by atoms with Crippen LogP contribution in [0.25, 0.3) is 10.8 Å². The molecule has 0 amide bonds. The highest BCUT2D eigenvalue weighted by molar-refractivity contribution is 9.10. The molecule has 14 heavy (non-hydrogen) atoms. The minimum Gasteiger partial charge on any atom is -0.387 e. The van der Waals surface area contributed by atoms with Crippen LogP contribution in [0.1, 0.15) is 18.7 Å². The van der Waals surface area contributed by atoms with Crippen molar-refractivity contribution in [1.82, 2.24) is 4.98 Å². The molecule has 0 aliphatic heterocycles. The third-order valence-electron chi connectivity index (χ3n) is 2.13. The highest BCUT2D eigenvalue weighted by Gasteiger charge is 2.03. The van der Waals surface area contributed by atoms with Gasteiger partial charge in [-0.1, -0.05) is 22.0 Å². The van der Waals surface area contributed by atoms with E-state index in [0.717, 1.165) is 15.2 Å². The number of aliphatic hydroxyl groups excluding tert-OH is 1. The summed E-state index contributed by atoms with van der Waals surface area (Å²) in [7, 11) is 0. The largest absolute Gasteiger partial charge is 0.387 e. The molecule has 3 heteroatoms. The van der Waals surface area contributed by atoms with Crippen molar-refractivity contribution in [1.29, 1.82) is 0 Å². The number of pyridine rings is 1. The summed E-state index contributed by atoms with van der Waals surface area (Å²) in [5, 5.41) is 11.5. The van der Waals surface area contributed by atoms with Gasteiger partial charge in [-0.05, 0) is 30.5 Å². The maximum Gasteiger partial charge on any atom is 0.0931 e. The van der Waals surface area contributed by atoms with Gasteiger partial charge in [0.15, 0.2) is 0 Å². The second kappa shape index (κ2) is 3.67. The van der Waals surface area contributed by atoms with Crippen molar-refractivity contribution in [3.8, 4) is 0 Å². The number of aromatic nitrogens is 1. The van der Waals surface area contributed by atoms with Crippen LogP contribution in [0, 0.1) is 0 Å². The first-order valence-corrected chi connectivity index (χ1v) is 5.19. The summed E-state index contributed by atoms with van der Waals surface area (Å²) in [5.41, 5.74) is 0.708. The van der Waals surface area contributed by atoms with E-state index in [4.69, 9.17) is 0 Å². The second-order valence-corrected chi connectivity index (χ2v) is 4.19. The minimum atomic E-state index is -0.511. The molecule has 0 aliphatic rings. The number of hydrogen-bond acceptors (Lipinski definition) is 2. The van der Waals surface area contributed by atoms with Gasteiger partial charge in [0.25, 0.3) is 0 Å². The Hall–Kier alpha value is -0.930. The zero-order valence-corrected chi connectivity index (χ0v) is 9.32. The van der Waals surface area contributed by atoms with E-state index in [1.807, 2.05) is 24.3 Å². The molecule has 0 spiro atoms. The molecule has 0 fully saturated rings. The summed E-state index contributed by atoms with van der Waals surface area (Å²) in [6.45, 7) is 1.72. The van der Waals surface area contributed by atoms with Gasteiger partial charge in [-0.2, -0.15) is 0 Å².